The molecule has 4 rings (SSSR count). The molecule has 31 heavy (non-hydrogen) atoms. The van der Waals surface area contributed by atoms with E-state index in [1.54, 1.807) is 18.2 Å². The zero-order valence-corrected chi connectivity index (χ0v) is 18.7. The first-order valence-electron chi connectivity index (χ1n) is 10.1. The van der Waals surface area contributed by atoms with Crippen LogP contribution in [0.3, 0.4) is 0 Å². The van der Waals surface area contributed by atoms with E-state index in [2.05, 4.69) is 5.32 Å². The highest BCUT2D eigenvalue weighted by atomic mass is 35.5. The Hall–Kier alpha value is -3.37. The van der Waals surface area contributed by atoms with Gasteiger partial charge in [0.15, 0.2) is 0 Å². The molecule has 0 unspecified atom stereocenters. The molecule has 2 amide bonds. The summed E-state index contributed by atoms with van der Waals surface area (Å²) in [4.78, 5) is 28.4. The van der Waals surface area contributed by atoms with Gasteiger partial charge in [-0.1, -0.05) is 59.6 Å². The molecule has 3 aromatic carbocycles. The summed E-state index contributed by atoms with van der Waals surface area (Å²) >= 11 is 6.18. The van der Waals surface area contributed by atoms with Crippen LogP contribution < -0.4 is 10.2 Å². The molecule has 0 bridgehead atoms. The van der Waals surface area contributed by atoms with Gasteiger partial charge in [-0.15, -0.1) is 0 Å². The lowest BCUT2D eigenvalue weighted by atomic mass is 10.0. The van der Waals surface area contributed by atoms with Gasteiger partial charge in [-0.05, 0) is 68.1 Å². The maximum absolute atomic E-state index is 13.6. The Morgan fingerprint density at radius 3 is 2.23 bits per heavy atom. The average Bonchev–Trinajstić information content (AvgIpc) is 2.97. The Bertz CT molecular complexity index is 1240. The quantitative estimate of drug-likeness (QED) is 0.518. The van der Waals surface area contributed by atoms with Crippen molar-refractivity contribution in [3.05, 3.63) is 99.2 Å². The number of amides is 2. The fourth-order valence-electron chi connectivity index (χ4n) is 3.69. The number of aryl methyl sites for hydroxylation is 3. The lowest BCUT2D eigenvalue weighted by Crippen LogP contribution is -2.33. The van der Waals surface area contributed by atoms with E-state index in [-0.39, 0.29) is 17.5 Å². The van der Waals surface area contributed by atoms with Gasteiger partial charge in [-0.3, -0.25) is 9.59 Å². The van der Waals surface area contributed by atoms with Crippen molar-refractivity contribution < 1.29 is 9.59 Å². The maximum atomic E-state index is 13.6. The van der Waals surface area contributed by atoms with Gasteiger partial charge in [0.2, 0.25) is 0 Å². The minimum absolute atomic E-state index is 0.250. The van der Waals surface area contributed by atoms with Crippen LogP contribution in [0.2, 0.25) is 5.02 Å². The van der Waals surface area contributed by atoms with E-state index in [1.807, 2.05) is 70.2 Å². The van der Waals surface area contributed by atoms with Gasteiger partial charge in [-0.25, -0.2) is 4.90 Å². The fourth-order valence-corrected chi connectivity index (χ4v) is 3.87. The van der Waals surface area contributed by atoms with E-state index < -0.39 is 0 Å². The second-order valence-corrected chi connectivity index (χ2v) is 8.30. The summed E-state index contributed by atoms with van der Waals surface area (Å²) in [5, 5.41) is 3.76. The molecular formula is C26H23ClN2O2. The number of benzene rings is 3. The normalized spacial score (nSPS) is 13.9. The lowest BCUT2D eigenvalue weighted by Gasteiger charge is -2.19. The van der Waals surface area contributed by atoms with Gasteiger partial charge in [0.25, 0.3) is 11.8 Å². The van der Waals surface area contributed by atoms with Crippen LogP contribution in [0.5, 0.6) is 0 Å². The van der Waals surface area contributed by atoms with Crippen LogP contribution in [-0.2, 0) is 9.59 Å². The van der Waals surface area contributed by atoms with Crippen molar-refractivity contribution in [3.8, 4) is 0 Å². The van der Waals surface area contributed by atoms with Crippen molar-refractivity contribution in [2.45, 2.75) is 27.7 Å². The minimum Gasteiger partial charge on any atom is -0.350 e. The van der Waals surface area contributed by atoms with Crippen LogP contribution in [0.25, 0.3) is 5.57 Å². The summed E-state index contributed by atoms with van der Waals surface area (Å²) in [5.41, 5.74) is 6.49. The smallest absolute Gasteiger partial charge is 0.282 e. The molecule has 1 heterocycles. The topological polar surface area (TPSA) is 49.4 Å². The highest BCUT2D eigenvalue weighted by molar-refractivity contribution is 6.46. The lowest BCUT2D eigenvalue weighted by molar-refractivity contribution is -0.120. The highest BCUT2D eigenvalue weighted by Crippen LogP contribution is 2.36. The molecule has 1 N–H and O–H groups in total. The van der Waals surface area contributed by atoms with E-state index in [4.69, 9.17) is 11.6 Å². The van der Waals surface area contributed by atoms with Gasteiger partial charge in [0.1, 0.15) is 5.70 Å². The SMILES string of the molecule is Cc1ccc(C2=C(Nc3cc(Cl)ccc3C)C(=O)N(c3cccc(C)c3C)C2=O)cc1. The second kappa shape index (κ2) is 8.05. The Labute approximate surface area is 187 Å². The van der Waals surface area contributed by atoms with Crippen molar-refractivity contribution in [1.29, 1.82) is 0 Å². The zero-order chi connectivity index (χ0) is 22.3. The molecule has 4 nitrogen and oxygen atoms in total. The molecule has 0 aliphatic carbocycles. The largest absolute Gasteiger partial charge is 0.350 e. The predicted molar refractivity (Wildman–Crippen MR) is 126 cm³/mol. The third-order valence-electron chi connectivity index (χ3n) is 5.70. The van der Waals surface area contributed by atoms with Crippen LogP contribution in [-0.4, -0.2) is 11.8 Å². The number of halogens is 1. The van der Waals surface area contributed by atoms with Crippen LogP contribution in [0.15, 0.2) is 66.4 Å². The first kappa shape index (κ1) is 20.9. The Balaban J connectivity index is 1.88. The molecule has 0 saturated carbocycles. The number of anilines is 2. The molecule has 0 aromatic heterocycles. The Kier molecular flexibility index (Phi) is 5.42. The maximum Gasteiger partial charge on any atom is 0.282 e. The van der Waals surface area contributed by atoms with E-state index in [0.717, 1.165) is 22.3 Å². The highest BCUT2D eigenvalue weighted by Gasteiger charge is 2.41. The number of hydrogen-bond acceptors (Lipinski definition) is 3. The van der Waals surface area contributed by atoms with Crippen molar-refractivity contribution in [2.75, 3.05) is 10.2 Å². The third-order valence-corrected chi connectivity index (χ3v) is 5.94. The van der Waals surface area contributed by atoms with Crippen LogP contribution >= 0.6 is 11.6 Å². The third kappa shape index (κ3) is 3.75. The van der Waals surface area contributed by atoms with Gasteiger partial charge in [0, 0.05) is 10.7 Å². The molecule has 3 aromatic rings. The number of carbonyl (C=O) groups is 2. The van der Waals surface area contributed by atoms with Gasteiger partial charge < -0.3 is 5.32 Å². The summed E-state index contributed by atoms with van der Waals surface area (Å²) in [6, 6.07) is 18.7. The van der Waals surface area contributed by atoms with Crippen molar-refractivity contribution in [3.63, 3.8) is 0 Å². The monoisotopic (exact) mass is 430 g/mol. The number of imide groups is 1. The Morgan fingerprint density at radius 1 is 0.806 bits per heavy atom. The van der Waals surface area contributed by atoms with Crippen molar-refractivity contribution in [1.82, 2.24) is 0 Å². The summed E-state index contributed by atoms with van der Waals surface area (Å²) in [5.74, 6) is -0.724. The number of nitrogens with zero attached hydrogens (tertiary/aromatic N) is 1. The van der Waals surface area contributed by atoms with Crippen LogP contribution in [0, 0.1) is 27.7 Å². The first-order valence-corrected chi connectivity index (χ1v) is 10.4. The first-order chi connectivity index (χ1) is 14.8. The molecule has 0 radical (unpaired) electrons. The second-order valence-electron chi connectivity index (χ2n) is 7.87. The van der Waals surface area contributed by atoms with Crippen LogP contribution in [0.4, 0.5) is 11.4 Å². The number of hydrogen-bond donors (Lipinski definition) is 1. The zero-order valence-electron chi connectivity index (χ0n) is 17.9. The van der Waals surface area contributed by atoms with Crippen LogP contribution in [0.1, 0.15) is 27.8 Å². The molecule has 1 aliphatic rings. The summed E-state index contributed by atoms with van der Waals surface area (Å²) in [6.45, 7) is 7.79. The van der Waals surface area contributed by atoms with Gasteiger partial charge in [0.05, 0.1) is 11.3 Å². The molecule has 5 heteroatoms. The summed E-state index contributed by atoms with van der Waals surface area (Å²) in [6.07, 6.45) is 0. The number of rotatable bonds is 4. The molecule has 0 saturated heterocycles. The average molecular weight is 431 g/mol. The molecule has 0 atom stereocenters. The Morgan fingerprint density at radius 2 is 1.52 bits per heavy atom. The molecule has 1 aliphatic heterocycles. The standard InChI is InChI=1S/C26H23ClN2O2/c1-15-8-11-19(12-9-15)23-24(28-21-14-20(27)13-10-17(21)3)26(31)29(25(23)30)22-7-5-6-16(2)18(22)4/h5-14,28H,1-4H3. The van der Waals surface area contributed by atoms with Crippen molar-refractivity contribution >= 4 is 40.4 Å². The van der Waals surface area contributed by atoms with E-state index in [1.165, 1.54) is 4.90 Å². The number of carbonyl (C=O) groups excluding carboxylic acids is 2. The predicted octanol–water partition coefficient (Wildman–Crippen LogP) is 5.97. The molecule has 0 fully saturated rings. The molecular weight excluding hydrogens is 408 g/mol. The van der Waals surface area contributed by atoms with Gasteiger partial charge in [-0.2, -0.15) is 0 Å². The molecule has 0 spiro atoms. The van der Waals surface area contributed by atoms with E-state index >= 15 is 0 Å². The summed E-state index contributed by atoms with van der Waals surface area (Å²) < 4.78 is 0. The summed E-state index contributed by atoms with van der Waals surface area (Å²) in [7, 11) is 0. The molecule has 156 valence electrons. The minimum atomic E-state index is -0.381. The fraction of sp³-hybridized carbons (Fsp3) is 0.154. The number of nitrogens with one attached hydrogen (secondary N) is 1. The van der Waals surface area contributed by atoms with Gasteiger partial charge >= 0.3 is 0 Å². The van der Waals surface area contributed by atoms with E-state index in [9.17, 15) is 9.59 Å². The van der Waals surface area contributed by atoms with Crippen molar-refractivity contribution in [2.24, 2.45) is 0 Å². The van der Waals surface area contributed by atoms with E-state index in [0.29, 0.717) is 27.5 Å².